The summed E-state index contributed by atoms with van der Waals surface area (Å²) in [5, 5.41) is 0.466. The lowest BCUT2D eigenvalue weighted by Crippen LogP contribution is -2.40. The van der Waals surface area contributed by atoms with Crippen LogP contribution in [-0.4, -0.2) is 55.1 Å². The smallest absolute Gasteiger partial charge is 0.151 e. The molecule has 0 spiro atoms. The van der Waals surface area contributed by atoms with Crippen LogP contribution < -0.4 is 0 Å². The van der Waals surface area contributed by atoms with Crippen LogP contribution in [0.1, 0.15) is 25.0 Å². The predicted octanol–water partition coefficient (Wildman–Crippen LogP) is 1.90. The largest absolute Gasteiger partial charge is 0.377 e. The van der Waals surface area contributed by atoms with Gasteiger partial charge in [0.05, 0.1) is 23.3 Å². The molecule has 2 saturated heterocycles. The van der Waals surface area contributed by atoms with Crippen LogP contribution in [0.2, 0.25) is 5.15 Å². The topological polar surface area (TPSA) is 59.5 Å². The van der Waals surface area contributed by atoms with Gasteiger partial charge in [-0.2, -0.15) is 0 Å². The molecule has 22 heavy (non-hydrogen) atoms. The molecule has 2 aliphatic heterocycles. The summed E-state index contributed by atoms with van der Waals surface area (Å²) in [7, 11) is -2.90. The normalized spacial score (nSPS) is 27.5. The van der Waals surface area contributed by atoms with Crippen molar-refractivity contribution in [1.29, 1.82) is 0 Å². The number of rotatable bonds is 5. The predicted molar refractivity (Wildman–Crippen MR) is 85.7 cm³/mol. The van der Waals surface area contributed by atoms with E-state index in [-0.39, 0.29) is 23.7 Å². The minimum Gasteiger partial charge on any atom is -0.377 e. The average Bonchev–Trinajstić information content (AvgIpc) is 3.07. The monoisotopic (exact) mass is 344 g/mol. The van der Waals surface area contributed by atoms with Gasteiger partial charge in [0.2, 0.25) is 0 Å². The Hall–Kier alpha value is -0.690. The molecule has 0 aliphatic carbocycles. The number of hydrogen-bond acceptors (Lipinski definition) is 5. The molecule has 2 fully saturated rings. The summed E-state index contributed by atoms with van der Waals surface area (Å²) in [6.07, 6.45) is 3.01. The Morgan fingerprint density at radius 1 is 1.36 bits per heavy atom. The van der Waals surface area contributed by atoms with Crippen molar-refractivity contribution < 1.29 is 13.2 Å². The van der Waals surface area contributed by atoms with Gasteiger partial charge in [-0.1, -0.05) is 17.7 Å². The number of ether oxygens (including phenoxy) is 1. The molecule has 0 unspecified atom stereocenters. The van der Waals surface area contributed by atoms with Crippen molar-refractivity contribution >= 4 is 21.4 Å². The molecule has 0 amide bonds. The van der Waals surface area contributed by atoms with Gasteiger partial charge in [-0.3, -0.25) is 4.90 Å². The van der Waals surface area contributed by atoms with Crippen LogP contribution in [0.15, 0.2) is 18.2 Å². The van der Waals surface area contributed by atoms with Gasteiger partial charge in [0.25, 0.3) is 0 Å². The number of pyridine rings is 1. The summed E-state index contributed by atoms with van der Waals surface area (Å²) in [4.78, 5) is 6.54. The van der Waals surface area contributed by atoms with E-state index in [4.69, 9.17) is 16.3 Å². The zero-order chi connectivity index (χ0) is 15.6. The molecule has 1 aromatic heterocycles. The van der Waals surface area contributed by atoms with Gasteiger partial charge in [-0.05, 0) is 31.4 Å². The lowest BCUT2D eigenvalue weighted by molar-refractivity contribution is 0.0569. The third-order valence-corrected chi connectivity index (χ3v) is 6.29. The molecule has 1 aromatic rings. The molecule has 7 heteroatoms. The van der Waals surface area contributed by atoms with E-state index in [1.54, 1.807) is 6.07 Å². The third-order valence-electron chi connectivity index (χ3n) is 4.32. The van der Waals surface area contributed by atoms with E-state index < -0.39 is 9.84 Å². The summed E-state index contributed by atoms with van der Waals surface area (Å²) >= 11 is 5.95. The van der Waals surface area contributed by atoms with Crippen LogP contribution in [-0.2, 0) is 21.1 Å². The Kier molecular flexibility index (Phi) is 5.02. The van der Waals surface area contributed by atoms with Gasteiger partial charge in [0.1, 0.15) is 5.15 Å². The molecule has 2 aliphatic rings. The van der Waals surface area contributed by atoms with Crippen molar-refractivity contribution in [3.05, 3.63) is 29.0 Å². The first-order chi connectivity index (χ1) is 10.5. The Bertz CT molecular complexity index is 617. The molecule has 0 aromatic carbocycles. The maximum atomic E-state index is 11.8. The van der Waals surface area contributed by atoms with E-state index in [1.807, 2.05) is 12.1 Å². The van der Waals surface area contributed by atoms with Gasteiger partial charge in [0.15, 0.2) is 9.84 Å². The summed E-state index contributed by atoms with van der Waals surface area (Å²) in [5.74, 6) is 0.517. The summed E-state index contributed by atoms with van der Waals surface area (Å²) < 4.78 is 29.3. The standard InChI is InChI=1S/C15H21ClN2O3S/c16-15-5-1-3-12(17-15)9-18(10-14-4-2-7-21-14)13-6-8-22(19,20)11-13/h1,3,5,13-14H,2,4,6-11H2/t13-,14-/m1/s1. The highest BCUT2D eigenvalue weighted by atomic mass is 35.5. The SMILES string of the molecule is O=S1(=O)CC[C@@H](N(Cc2cccc(Cl)n2)C[C@H]2CCCO2)C1. The van der Waals surface area contributed by atoms with Crippen molar-refractivity contribution in [1.82, 2.24) is 9.88 Å². The minimum atomic E-state index is -2.90. The number of sulfone groups is 1. The summed E-state index contributed by atoms with van der Waals surface area (Å²) in [6, 6.07) is 5.60. The van der Waals surface area contributed by atoms with Gasteiger partial charge in [-0.25, -0.2) is 13.4 Å². The first-order valence-corrected chi connectivity index (χ1v) is 9.89. The van der Waals surface area contributed by atoms with Crippen LogP contribution in [0.4, 0.5) is 0 Å². The Balaban J connectivity index is 1.73. The molecule has 0 N–H and O–H groups in total. The zero-order valence-corrected chi connectivity index (χ0v) is 14.0. The Morgan fingerprint density at radius 3 is 2.86 bits per heavy atom. The summed E-state index contributed by atoms with van der Waals surface area (Å²) in [6.45, 7) is 2.17. The number of halogens is 1. The maximum absolute atomic E-state index is 11.8. The fraction of sp³-hybridized carbons (Fsp3) is 0.667. The van der Waals surface area contributed by atoms with E-state index in [0.717, 1.165) is 31.7 Å². The Labute approximate surface area is 136 Å². The van der Waals surface area contributed by atoms with E-state index in [1.165, 1.54) is 0 Å². The quantitative estimate of drug-likeness (QED) is 0.763. The minimum absolute atomic E-state index is 0.0509. The van der Waals surface area contributed by atoms with Crippen molar-refractivity contribution in [3.63, 3.8) is 0 Å². The third kappa shape index (κ3) is 4.19. The van der Waals surface area contributed by atoms with Crippen molar-refractivity contribution in [2.45, 2.75) is 38.0 Å². The van der Waals surface area contributed by atoms with E-state index >= 15 is 0 Å². The first kappa shape index (κ1) is 16.2. The van der Waals surface area contributed by atoms with E-state index in [9.17, 15) is 8.42 Å². The summed E-state index contributed by atoms with van der Waals surface area (Å²) in [5.41, 5.74) is 0.870. The second-order valence-electron chi connectivity index (χ2n) is 6.07. The molecule has 0 saturated carbocycles. The average molecular weight is 345 g/mol. The van der Waals surface area contributed by atoms with Crippen molar-refractivity contribution in [2.24, 2.45) is 0 Å². The Morgan fingerprint density at radius 2 is 2.23 bits per heavy atom. The lowest BCUT2D eigenvalue weighted by atomic mass is 10.1. The van der Waals surface area contributed by atoms with Gasteiger partial charge in [-0.15, -0.1) is 0 Å². The first-order valence-electron chi connectivity index (χ1n) is 7.69. The lowest BCUT2D eigenvalue weighted by Gasteiger charge is -2.30. The van der Waals surface area contributed by atoms with Crippen LogP contribution in [0, 0.1) is 0 Å². The molecule has 2 atom stereocenters. The van der Waals surface area contributed by atoms with Crippen molar-refractivity contribution in [3.8, 4) is 0 Å². The van der Waals surface area contributed by atoms with Crippen LogP contribution >= 0.6 is 11.6 Å². The van der Waals surface area contributed by atoms with Crippen molar-refractivity contribution in [2.75, 3.05) is 24.7 Å². The van der Waals surface area contributed by atoms with Gasteiger partial charge >= 0.3 is 0 Å². The second-order valence-corrected chi connectivity index (χ2v) is 8.69. The van der Waals surface area contributed by atoms with Crippen LogP contribution in [0.25, 0.3) is 0 Å². The molecule has 5 nitrogen and oxygen atoms in total. The second kappa shape index (κ2) is 6.83. The molecule has 122 valence electrons. The van der Waals surface area contributed by atoms with Gasteiger partial charge < -0.3 is 4.74 Å². The maximum Gasteiger partial charge on any atom is 0.151 e. The number of nitrogens with zero attached hydrogens (tertiary/aromatic N) is 2. The zero-order valence-electron chi connectivity index (χ0n) is 12.4. The van der Waals surface area contributed by atoms with Gasteiger partial charge in [0, 0.05) is 25.7 Å². The molecular weight excluding hydrogens is 324 g/mol. The van der Waals surface area contributed by atoms with E-state index in [0.29, 0.717) is 18.1 Å². The highest BCUT2D eigenvalue weighted by molar-refractivity contribution is 7.91. The highest BCUT2D eigenvalue weighted by Gasteiger charge is 2.34. The van der Waals surface area contributed by atoms with Crippen LogP contribution in [0.3, 0.4) is 0 Å². The molecule has 3 rings (SSSR count). The fourth-order valence-electron chi connectivity index (χ4n) is 3.20. The van der Waals surface area contributed by atoms with E-state index in [2.05, 4.69) is 9.88 Å². The molecule has 0 bridgehead atoms. The van der Waals surface area contributed by atoms with Crippen LogP contribution in [0.5, 0.6) is 0 Å². The number of aromatic nitrogens is 1. The fourth-order valence-corrected chi connectivity index (χ4v) is 5.15. The molecule has 0 radical (unpaired) electrons. The molecule has 3 heterocycles. The highest BCUT2D eigenvalue weighted by Crippen LogP contribution is 2.23. The molecular formula is C15H21ClN2O3S. The number of hydrogen-bond donors (Lipinski definition) is 0.